The quantitative estimate of drug-likeness (QED) is 0.854. The monoisotopic (exact) mass is 263 g/mol. The van der Waals surface area contributed by atoms with Gasteiger partial charge < -0.3 is 14.8 Å². The summed E-state index contributed by atoms with van der Waals surface area (Å²) < 4.78 is 11.4. The third-order valence-electron chi connectivity index (χ3n) is 4.20. The van der Waals surface area contributed by atoms with Gasteiger partial charge in [0, 0.05) is 7.11 Å². The fourth-order valence-electron chi connectivity index (χ4n) is 3.24. The molecule has 3 nitrogen and oxygen atoms in total. The highest BCUT2D eigenvalue weighted by molar-refractivity contribution is 5.31. The minimum atomic E-state index is -0.0537. The molecule has 1 aliphatic rings. The van der Waals surface area contributed by atoms with Crippen LogP contribution < -0.4 is 10.1 Å². The van der Waals surface area contributed by atoms with E-state index in [2.05, 4.69) is 17.4 Å². The Morgan fingerprint density at radius 1 is 1.21 bits per heavy atom. The maximum absolute atomic E-state index is 5.89. The fraction of sp³-hybridized carbons (Fsp3) is 0.625. The summed E-state index contributed by atoms with van der Waals surface area (Å²) in [5.74, 6) is 0.930. The van der Waals surface area contributed by atoms with Crippen LogP contribution in [0.3, 0.4) is 0 Å². The Balaban J connectivity index is 2.21. The van der Waals surface area contributed by atoms with Crippen LogP contribution in [0.1, 0.15) is 44.2 Å². The average Bonchev–Trinajstić information content (AvgIpc) is 2.92. The average molecular weight is 263 g/mol. The molecule has 0 saturated heterocycles. The van der Waals surface area contributed by atoms with Gasteiger partial charge in [0.1, 0.15) is 5.75 Å². The van der Waals surface area contributed by atoms with E-state index in [0.717, 1.165) is 18.6 Å². The maximum Gasteiger partial charge on any atom is 0.119 e. The van der Waals surface area contributed by atoms with Gasteiger partial charge >= 0.3 is 0 Å². The molecule has 0 heterocycles. The molecule has 1 aromatic carbocycles. The molecule has 0 spiro atoms. The molecular formula is C16H25NO2. The molecule has 1 aliphatic carbocycles. The predicted octanol–water partition coefficient (Wildman–Crippen LogP) is 3.31. The summed E-state index contributed by atoms with van der Waals surface area (Å²) in [7, 11) is 3.85. The molecule has 19 heavy (non-hydrogen) atoms. The summed E-state index contributed by atoms with van der Waals surface area (Å²) >= 11 is 0. The lowest BCUT2D eigenvalue weighted by Crippen LogP contribution is -2.42. The molecule has 0 aliphatic heterocycles. The van der Waals surface area contributed by atoms with Gasteiger partial charge in [0.25, 0.3) is 0 Å². The first-order valence-corrected chi connectivity index (χ1v) is 7.21. The number of hydrogen-bond donors (Lipinski definition) is 1. The summed E-state index contributed by atoms with van der Waals surface area (Å²) in [6.45, 7) is 2.71. The largest absolute Gasteiger partial charge is 0.494 e. The van der Waals surface area contributed by atoms with E-state index in [1.807, 2.05) is 33.2 Å². The molecule has 0 amide bonds. The number of rotatable bonds is 6. The zero-order chi connectivity index (χ0) is 13.7. The molecule has 1 fully saturated rings. The van der Waals surface area contributed by atoms with Gasteiger partial charge in [-0.3, -0.25) is 0 Å². The lowest BCUT2D eigenvalue weighted by molar-refractivity contribution is -0.0349. The number of nitrogens with one attached hydrogen (secondary N) is 1. The Morgan fingerprint density at radius 3 is 2.32 bits per heavy atom. The van der Waals surface area contributed by atoms with E-state index in [0.29, 0.717) is 6.61 Å². The van der Waals surface area contributed by atoms with Crippen LogP contribution in [-0.2, 0) is 4.74 Å². The summed E-state index contributed by atoms with van der Waals surface area (Å²) in [6.07, 6.45) is 4.76. The second kappa shape index (κ2) is 6.40. The first-order valence-electron chi connectivity index (χ1n) is 7.21. The SMILES string of the molecule is CCOc1ccc(C(NC)C2(OC)CCCC2)cc1. The van der Waals surface area contributed by atoms with Gasteiger partial charge in [-0.1, -0.05) is 25.0 Å². The lowest BCUT2D eigenvalue weighted by Gasteiger charge is -2.36. The lowest BCUT2D eigenvalue weighted by atomic mass is 9.87. The molecule has 2 rings (SSSR count). The zero-order valence-electron chi connectivity index (χ0n) is 12.2. The van der Waals surface area contributed by atoms with Gasteiger partial charge in [-0.15, -0.1) is 0 Å². The van der Waals surface area contributed by atoms with Crippen molar-refractivity contribution >= 4 is 0 Å². The number of benzene rings is 1. The molecule has 1 aromatic rings. The minimum absolute atomic E-state index is 0.0537. The molecule has 1 N–H and O–H groups in total. The normalized spacial score (nSPS) is 19.3. The van der Waals surface area contributed by atoms with Crippen molar-refractivity contribution in [1.29, 1.82) is 0 Å². The Labute approximate surface area is 116 Å². The molecule has 3 heteroatoms. The van der Waals surface area contributed by atoms with Crippen molar-refractivity contribution in [2.45, 2.75) is 44.2 Å². The number of likely N-dealkylation sites (N-methyl/N-ethyl adjacent to an activating group) is 1. The van der Waals surface area contributed by atoms with Crippen molar-refractivity contribution in [3.63, 3.8) is 0 Å². The molecule has 1 saturated carbocycles. The van der Waals surface area contributed by atoms with Crippen molar-refractivity contribution in [3.8, 4) is 5.75 Å². The summed E-state index contributed by atoms with van der Waals surface area (Å²) in [5.41, 5.74) is 1.22. The van der Waals surface area contributed by atoms with Crippen LogP contribution in [0.2, 0.25) is 0 Å². The van der Waals surface area contributed by atoms with Crippen LogP contribution in [0.5, 0.6) is 5.75 Å². The van der Waals surface area contributed by atoms with Crippen molar-refractivity contribution in [2.24, 2.45) is 0 Å². The third-order valence-corrected chi connectivity index (χ3v) is 4.20. The van der Waals surface area contributed by atoms with E-state index >= 15 is 0 Å². The molecular weight excluding hydrogens is 238 g/mol. The topological polar surface area (TPSA) is 30.5 Å². The Morgan fingerprint density at radius 2 is 1.84 bits per heavy atom. The summed E-state index contributed by atoms with van der Waals surface area (Å²) in [5, 5.41) is 3.44. The van der Waals surface area contributed by atoms with Crippen molar-refractivity contribution in [1.82, 2.24) is 5.32 Å². The van der Waals surface area contributed by atoms with Crippen LogP contribution in [0.15, 0.2) is 24.3 Å². The van der Waals surface area contributed by atoms with E-state index in [4.69, 9.17) is 9.47 Å². The Bertz CT molecular complexity index is 382. The summed E-state index contributed by atoms with van der Waals surface area (Å²) in [4.78, 5) is 0. The maximum atomic E-state index is 5.89. The highest BCUT2D eigenvalue weighted by Gasteiger charge is 2.41. The van der Waals surface area contributed by atoms with Gasteiger partial charge in [0.05, 0.1) is 18.2 Å². The van der Waals surface area contributed by atoms with E-state index in [-0.39, 0.29) is 11.6 Å². The summed E-state index contributed by atoms with van der Waals surface area (Å²) in [6, 6.07) is 8.62. The van der Waals surface area contributed by atoms with Crippen LogP contribution in [0, 0.1) is 0 Å². The zero-order valence-corrected chi connectivity index (χ0v) is 12.2. The van der Waals surface area contributed by atoms with Crippen molar-refractivity contribution < 1.29 is 9.47 Å². The van der Waals surface area contributed by atoms with Gasteiger partial charge in [0.2, 0.25) is 0 Å². The molecule has 0 bridgehead atoms. The highest BCUT2D eigenvalue weighted by Crippen LogP contribution is 2.42. The van der Waals surface area contributed by atoms with E-state index in [1.54, 1.807) is 0 Å². The van der Waals surface area contributed by atoms with Crippen LogP contribution in [0.25, 0.3) is 0 Å². The van der Waals surface area contributed by atoms with Crippen LogP contribution in [-0.4, -0.2) is 26.4 Å². The molecule has 0 aromatic heterocycles. The Kier molecular flexibility index (Phi) is 4.83. The molecule has 1 unspecified atom stereocenters. The first kappa shape index (κ1) is 14.4. The van der Waals surface area contributed by atoms with Gasteiger partial charge in [0.15, 0.2) is 0 Å². The van der Waals surface area contributed by atoms with Crippen LogP contribution in [0.4, 0.5) is 0 Å². The fourth-order valence-corrected chi connectivity index (χ4v) is 3.24. The van der Waals surface area contributed by atoms with Gasteiger partial charge in [-0.05, 0) is 44.5 Å². The Hall–Kier alpha value is -1.06. The molecule has 0 radical (unpaired) electrons. The molecule has 1 atom stereocenters. The first-order chi connectivity index (χ1) is 9.25. The second-order valence-corrected chi connectivity index (χ2v) is 5.20. The highest BCUT2D eigenvalue weighted by atomic mass is 16.5. The van der Waals surface area contributed by atoms with Gasteiger partial charge in [-0.2, -0.15) is 0 Å². The minimum Gasteiger partial charge on any atom is -0.494 e. The number of hydrogen-bond acceptors (Lipinski definition) is 3. The number of methoxy groups -OCH3 is 1. The standard InChI is InChI=1S/C16H25NO2/c1-4-19-14-9-7-13(8-10-14)15(17-2)16(18-3)11-5-6-12-16/h7-10,15,17H,4-6,11-12H2,1-3H3. The number of ether oxygens (including phenoxy) is 2. The third kappa shape index (κ3) is 2.93. The predicted molar refractivity (Wildman–Crippen MR) is 77.6 cm³/mol. The van der Waals surface area contributed by atoms with Crippen molar-refractivity contribution in [2.75, 3.05) is 20.8 Å². The van der Waals surface area contributed by atoms with E-state index in [1.165, 1.54) is 18.4 Å². The second-order valence-electron chi connectivity index (χ2n) is 5.20. The van der Waals surface area contributed by atoms with Crippen LogP contribution >= 0.6 is 0 Å². The van der Waals surface area contributed by atoms with E-state index in [9.17, 15) is 0 Å². The van der Waals surface area contributed by atoms with Gasteiger partial charge in [-0.25, -0.2) is 0 Å². The van der Waals surface area contributed by atoms with Crippen molar-refractivity contribution in [3.05, 3.63) is 29.8 Å². The van der Waals surface area contributed by atoms with E-state index < -0.39 is 0 Å². The molecule has 106 valence electrons. The smallest absolute Gasteiger partial charge is 0.119 e.